The minimum atomic E-state index is -0.692. The Labute approximate surface area is 119 Å². The van der Waals surface area contributed by atoms with E-state index in [0.717, 1.165) is 5.56 Å². The lowest BCUT2D eigenvalue weighted by Gasteiger charge is -2.03. The molecule has 0 saturated heterocycles. The van der Waals surface area contributed by atoms with E-state index < -0.39 is 11.5 Å². The van der Waals surface area contributed by atoms with E-state index >= 15 is 0 Å². The number of carbonyl (C=O) groups excluding carboxylic acids is 1. The first-order valence-corrected chi connectivity index (χ1v) is 6.44. The molecule has 2 heterocycles. The normalized spacial score (nSPS) is 11.0. The molecular formula is C14H12N4O3. The molecule has 7 heteroatoms. The fraction of sp³-hybridized carbons (Fsp3) is 0.214. The van der Waals surface area contributed by atoms with Crippen molar-refractivity contribution in [1.29, 1.82) is 0 Å². The minimum absolute atomic E-state index is 0.0967. The third kappa shape index (κ3) is 2.33. The molecule has 21 heavy (non-hydrogen) atoms. The lowest BCUT2D eigenvalue weighted by molar-refractivity contribution is 0.0512. The zero-order valence-corrected chi connectivity index (χ0v) is 11.5. The number of hydrogen-bond acceptors (Lipinski definition) is 6. The number of H-pyrrole nitrogens is 1. The second-order valence-electron chi connectivity index (χ2n) is 4.52. The monoisotopic (exact) mass is 284 g/mol. The summed E-state index contributed by atoms with van der Waals surface area (Å²) in [5, 5.41) is 0. The summed E-state index contributed by atoms with van der Waals surface area (Å²) in [6, 6.07) is 5.52. The maximum absolute atomic E-state index is 12.0. The van der Waals surface area contributed by atoms with Crippen molar-refractivity contribution in [3.8, 4) is 0 Å². The van der Waals surface area contributed by atoms with Crippen LogP contribution >= 0.6 is 0 Å². The summed E-state index contributed by atoms with van der Waals surface area (Å²) in [4.78, 5) is 38.6. The van der Waals surface area contributed by atoms with E-state index in [4.69, 9.17) is 4.74 Å². The molecule has 7 nitrogen and oxygen atoms in total. The molecule has 0 aliphatic rings. The van der Waals surface area contributed by atoms with Gasteiger partial charge in [-0.2, -0.15) is 0 Å². The number of nitrogens with zero attached hydrogens (tertiary/aromatic N) is 3. The molecule has 2 aromatic heterocycles. The number of aryl methyl sites for hydroxylation is 1. The van der Waals surface area contributed by atoms with E-state index in [-0.39, 0.29) is 23.6 Å². The predicted octanol–water partition coefficient (Wildman–Crippen LogP) is 1.35. The van der Waals surface area contributed by atoms with E-state index in [1.165, 1.54) is 0 Å². The summed E-state index contributed by atoms with van der Waals surface area (Å²) in [6.45, 7) is 3.80. The van der Waals surface area contributed by atoms with E-state index in [1.54, 1.807) is 13.0 Å². The third-order valence-electron chi connectivity index (χ3n) is 2.93. The molecule has 0 fully saturated rings. The van der Waals surface area contributed by atoms with Gasteiger partial charge in [0.2, 0.25) is 5.82 Å². The SMILES string of the molecule is CCOC(=O)c1nc2nc3cc(C)ccc3nc2c(=O)[nH]1. The van der Waals surface area contributed by atoms with E-state index in [1.807, 2.05) is 19.1 Å². The number of aromatic nitrogens is 4. The van der Waals surface area contributed by atoms with Crippen molar-refractivity contribution in [2.75, 3.05) is 6.61 Å². The van der Waals surface area contributed by atoms with Crippen LogP contribution in [0.3, 0.4) is 0 Å². The van der Waals surface area contributed by atoms with Gasteiger partial charge in [0.05, 0.1) is 17.6 Å². The van der Waals surface area contributed by atoms with Gasteiger partial charge in [0.15, 0.2) is 11.2 Å². The number of hydrogen-bond donors (Lipinski definition) is 1. The van der Waals surface area contributed by atoms with Crippen molar-refractivity contribution in [3.63, 3.8) is 0 Å². The standard InChI is InChI=1S/C14H12N4O3/c1-3-21-14(20)12-17-11-10(13(19)18-12)15-8-5-4-7(2)6-9(8)16-11/h4-6H,3H2,1-2H3,(H,16,17,18,19). The zero-order chi connectivity index (χ0) is 15.0. The number of esters is 1. The van der Waals surface area contributed by atoms with Crippen LogP contribution in [0.5, 0.6) is 0 Å². The summed E-state index contributed by atoms with van der Waals surface area (Å²) >= 11 is 0. The molecule has 1 aromatic carbocycles. The molecule has 0 amide bonds. The molecule has 1 N–H and O–H groups in total. The molecule has 0 unspecified atom stereocenters. The second kappa shape index (κ2) is 4.93. The van der Waals surface area contributed by atoms with Crippen molar-refractivity contribution >= 4 is 28.2 Å². The first kappa shape index (κ1) is 13.2. The van der Waals surface area contributed by atoms with Crippen LogP contribution in [0.2, 0.25) is 0 Å². The molecule has 0 bridgehead atoms. The van der Waals surface area contributed by atoms with Crippen LogP contribution in [0.1, 0.15) is 23.1 Å². The molecule has 0 atom stereocenters. The lowest BCUT2D eigenvalue weighted by atomic mass is 10.2. The number of fused-ring (bicyclic) bond motifs is 2. The Morgan fingerprint density at radius 2 is 2.05 bits per heavy atom. The van der Waals surface area contributed by atoms with Gasteiger partial charge in [0.1, 0.15) is 0 Å². The van der Waals surface area contributed by atoms with Gasteiger partial charge in [-0.25, -0.2) is 19.7 Å². The quantitative estimate of drug-likeness (QED) is 0.563. The van der Waals surface area contributed by atoms with E-state index in [0.29, 0.717) is 11.0 Å². The van der Waals surface area contributed by atoms with E-state index in [9.17, 15) is 9.59 Å². The van der Waals surface area contributed by atoms with Crippen LogP contribution in [0.25, 0.3) is 22.2 Å². The number of aromatic amines is 1. The number of benzene rings is 1. The highest BCUT2D eigenvalue weighted by Crippen LogP contribution is 2.14. The van der Waals surface area contributed by atoms with Gasteiger partial charge in [-0.1, -0.05) is 6.07 Å². The highest BCUT2D eigenvalue weighted by atomic mass is 16.5. The van der Waals surface area contributed by atoms with Crippen LogP contribution in [0.15, 0.2) is 23.0 Å². The fourth-order valence-electron chi connectivity index (χ4n) is 1.98. The Bertz CT molecular complexity index is 917. The lowest BCUT2D eigenvalue weighted by Crippen LogP contribution is -2.19. The highest BCUT2D eigenvalue weighted by molar-refractivity contribution is 5.89. The average molecular weight is 284 g/mol. The van der Waals surface area contributed by atoms with Gasteiger partial charge >= 0.3 is 5.97 Å². The van der Waals surface area contributed by atoms with Gasteiger partial charge in [-0.15, -0.1) is 0 Å². The Balaban J connectivity index is 2.28. The Hall–Kier alpha value is -2.83. The summed E-state index contributed by atoms with van der Waals surface area (Å²) in [5.41, 5.74) is 1.95. The molecular weight excluding hydrogens is 272 g/mol. The summed E-state index contributed by atoms with van der Waals surface area (Å²) in [5.74, 6) is -0.863. The molecule has 3 aromatic rings. The van der Waals surface area contributed by atoms with Crippen molar-refractivity contribution in [3.05, 3.63) is 39.9 Å². The third-order valence-corrected chi connectivity index (χ3v) is 2.93. The molecule has 3 rings (SSSR count). The van der Waals surface area contributed by atoms with Gasteiger partial charge in [0.25, 0.3) is 5.56 Å². The van der Waals surface area contributed by atoms with Crippen LogP contribution in [0.4, 0.5) is 0 Å². The zero-order valence-electron chi connectivity index (χ0n) is 11.5. The Morgan fingerprint density at radius 1 is 1.24 bits per heavy atom. The van der Waals surface area contributed by atoms with Crippen LogP contribution in [-0.2, 0) is 4.74 Å². The Kier molecular flexibility index (Phi) is 3.09. The minimum Gasteiger partial charge on any atom is -0.460 e. The molecule has 0 saturated carbocycles. The summed E-state index contributed by atoms with van der Waals surface area (Å²) in [6.07, 6.45) is 0. The van der Waals surface area contributed by atoms with Gasteiger partial charge < -0.3 is 4.74 Å². The number of carbonyl (C=O) groups is 1. The van der Waals surface area contributed by atoms with Crippen molar-refractivity contribution in [2.45, 2.75) is 13.8 Å². The predicted molar refractivity (Wildman–Crippen MR) is 76.2 cm³/mol. The highest BCUT2D eigenvalue weighted by Gasteiger charge is 2.14. The number of rotatable bonds is 2. The molecule has 106 valence electrons. The summed E-state index contributed by atoms with van der Waals surface area (Å²) < 4.78 is 4.82. The smallest absolute Gasteiger partial charge is 0.374 e. The van der Waals surface area contributed by atoms with Crippen molar-refractivity contribution in [2.24, 2.45) is 0 Å². The Morgan fingerprint density at radius 3 is 2.81 bits per heavy atom. The van der Waals surface area contributed by atoms with Crippen LogP contribution < -0.4 is 5.56 Å². The molecule has 0 radical (unpaired) electrons. The maximum atomic E-state index is 12.0. The fourth-order valence-corrected chi connectivity index (χ4v) is 1.98. The van der Waals surface area contributed by atoms with Gasteiger partial charge in [-0.3, -0.25) is 9.78 Å². The van der Waals surface area contributed by atoms with Crippen LogP contribution in [-0.4, -0.2) is 32.5 Å². The first-order chi connectivity index (χ1) is 10.1. The maximum Gasteiger partial charge on any atom is 0.374 e. The largest absolute Gasteiger partial charge is 0.460 e. The summed E-state index contributed by atoms with van der Waals surface area (Å²) in [7, 11) is 0. The van der Waals surface area contributed by atoms with E-state index in [2.05, 4.69) is 19.9 Å². The molecule has 0 aliphatic heterocycles. The van der Waals surface area contributed by atoms with Gasteiger partial charge in [0, 0.05) is 0 Å². The average Bonchev–Trinajstić information content (AvgIpc) is 2.45. The van der Waals surface area contributed by atoms with Crippen molar-refractivity contribution in [1.82, 2.24) is 19.9 Å². The number of ether oxygens (including phenoxy) is 1. The molecule has 0 aliphatic carbocycles. The second-order valence-corrected chi connectivity index (χ2v) is 4.52. The number of nitrogens with one attached hydrogen (secondary N) is 1. The van der Waals surface area contributed by atoms with Gasteiger partial charge in [-0.05, 0) is 31.5 Å². The first-order valence-electron chi connectivity index (χ1n) is 6.44. The van der Waals surface area contributed by atoms with Crippen molar-refractivity contribution < 1.29 is 9.53 Å². The van der Waals surface area contributed by atoms with Crippen LogP contribution in [0, 0.1) is 6.92 Å². The molecule has 0 spiro atoms. The topological polar surface area (TPSA) is 97.8 Å².